The number of rotatable bonds is 7. The van der Waals surface area contributed by atoms with Crippen LogP contribution in [0.3, 0.4) is 0 Å². The minimum atomic E-state index is -0.349. The molecule has 3 aromatic rings. The third-order valence-corrected chi connectivity index (χ3v) is 6.99. The number of guanidine groups is 1. The number of amides is 1. The summed E-state index contributed by atoms with van der Waals surface area (Å²) >= 11 is 0. The fraction of sp³-hybridized carbons (Fsp3) is 0.310. The van der Waals surface area contributed by atoms with Crippen molar-refractivity contribution in [3.05, 3.63) is 76.3 Å². The summed E-state index contributed by atoms with van der Waals surface area (Å²) in [4.78, 5) is 16.5. The Morgan fingerprint density at radius 2 is 1.73 bits per heavy atom. The number of hydrogen-bond donors (Lipinski definition) is 4. The molecule has 0 aliphatic carbocycles. The van der Waals surface area contributed by atoms with Crippen LogP contribution in [0.25, 0.3) is 0 Å². The van der Waals surface area contributed by atoms with E-state index in [0.29, 0.717) is 35.0 Å². The maximum absolute atomic E-state index is 12.5. The molecular formula is C29H34N4O4. The molecule has 1 aliphatic rings. The van der Waals surface area contributed by atoms with Crippen molar-refractivity contribution >= 4 is 23.2 Å². The van der Waals surface area contributed by atoms with E-state index in [2.05, 4.69) is 17.2 Å². The molecule has 0 fully saturated rings. The number of nitrogens with zero attached hydrogens (tertiary/aromatic N) is 1. The molecule has 1 aliphatic heterocycles. The summed E-state index contributed by atoms with van der Waals surface area (Å²) in [6, 6.07) is 13.9. The van der Waals surface area contributed by atoms with Crippen LogP contribution < -0.4 is 26.3 Å². The monoisotopic (exact) mass is 502 g/mol. The van der Waals surface area contributed by atoms with Gasteiger partial charge in [-0.1, -0.05) is 0 Å². The predicted molar refractivity (Wildman–Crippen MR) is 146 cm³/mol. The first-order chi connectivity index (χ1) is 17.6. The summed E-state index contributed by atoms with van der Waals surface area (Å²) in [6.45, 7) is 8.48. The van der Waals surface area contributed by atoms with Crippen LogP contribution in [-0.2, 0) is 6.42 Å². The highest BCUT2D eigenvalue weighted by molar-refractivity contribution is 6.04. The molecule has 37 heavy (non-hydrogen) atoms. The average Bonchev–Trinajstić information content (AvgIpc) is 2.87. The predicted octanol–water partition coefficient (Wildman–Crippen LogP) is 5.03. The van der Waals surface area contributed by atoms with Crippen molar-refractivity contribution < 1.29 is 19.4 Å². The van der Waals surface area contributed by atoms with Gasteiger partial charge in [0.25, 0.3) is 5.91 Å². The van der Waals surface area contributed by atoms with Crippen molar-refractivity contribution in [2.75, 3.05) is 11.9 Å². The van der Waals surface area contributed by atoms with Crippen LogP contribution in [0.15, 0.2) is 53.5 Å². The molecular weight excluding hydrogens is 468 g/mol. The molecule has 0 aromatic heterocycles. The van der Waals surface area contributed by atoms with E-state index in [1.165, 1.54) is 0 Å². The smallest absolute Gasteiger partial charge is 0.255 e. The van der Waals surface area contributed by atoms with E-state index in [-0.39, 0.29) is 17.5 Å². The standard InChI is InChI=1S/C29H34N4O4/c1-17-18(2)26-24(19(3)25(17)34)13-14-29(4,37-26)15-16-36-23-11-9-21(10-12-23)32-27(35)20-5-7-22(8-6-20)33-28(30)31/h5-12,34H,13-16H2,1-4H3,(H,32,35)(H4,30,31,33). The normalized spacial score (nSPS) is 16.3. The zero-order chi connectivity index (χ0) is 26.7. The summed E-state index contributed by atoms with van der Waals surface area (Å²) in [5, 5.41) is 13.3. The first kappa shape index (κ1) is 25.9. The van der Waals surface area contributed by atoms with Gasteiger partial charge in [0.15, 0.2) is 5.96 Å². The molecule has 8 nitrogen and oxygen atoms in total. The van der Waals surface area contributed by atoms with Crippen molar-refractivity contribution in [3.8, 4) is 17.2 Å². The number of hydrogen-bond acceptors (Lipinski definition) is 5. The molecule has 0 radical (unpaired) electrons. The first-order valence-corrected chi connectivity index (χ1v) is 12.3. The Balaban J connectivity index is 1.31. The van der Waals surface area contributed by atoms with Crippen LogP contribution in [0.5, 0.6) is 17.2 Å². The molecule has 0 bridgehead atoms. The summed E-state index contributed by atoms with van der Waals surface area (Å²) in [7, 11) is 0. The summed E-state index contributed by atoms with van der Waals surface area (Å²) in [5.41, 5.74) is 16.0. The van der Waals surface area contributed by atoms with Crippen molar-refractivity contribution in [2.45, 2.75) is 52.6 Å². The number of nitrogens with one attached hydrogen (secondary N) is 1. The third kappa shape index (κ3) is 5.80. The van der Waals surface area contributed by atoms with Crippen molar-refractivity contribution in [1.29, 1.82) is 0 Å². The molecule has 0 saturated heterocycles. The second-order valence-electron chi connectivity index (χ2n) is 9.74. The summed E-state index contributed by atoms with van der Waals surface area (Å²) in [6.07, 6.45) is 2.43. The number of carbonyl (C=O) groups is 1. The molecule has 0 spiro atoms. The molecule has 1 amide bonds. The number of anilines is 1. The van der Waals surface area contributed by atoms with Crippen molar-refractivity contribution in [3.63, 3.8) is 0 Å². The van der Waals surface area contributed by atoms with Crippen molar-refractivity contribution in [2.24, 2.45) is 16.5 Å². The van der Waals surface area contributed by atoms with Crippen LogP contribution in [-0.4, -0.2) is 29.2 Å². The van der Waals surface area contributed by atoms with Crippen LogP contribution in [0.1, 0.15) is 52.4 Å². The fourth-order valence-corrected chi connectivity index (χ4v) is 4.53. The van der Waals surface area contributed by atoms with E-state index in [1.54, 1.807) is 36.4 Å². The lowest BCUT2D eigenvalue weighted by Crippen LogP contribution is -2.38. The SMILES string of the molecule is Cc1c(C)c2c(c(C)c1O)CCC(C)(CCOc1ccc(NC(=O)c3ccc(N=C(N)N)cc3)cc1)O2. The molecule has 3 aromatic carbocycles. The van der Waals surface area contributed by atoms with Crippen LogP contribution >= 0.6 is 0 Å². The highest BCUT2D eigenvalue weighted by Gasteiger charge is 2.34. The molecule has 1 atom stereocenters. The Kier molecular flexibility index (Phi) is 7.29. The summed E-state index contributed by atoms with van der Waals surface area (Å²) < 4.78 is 12.5. The molecule has 1 heterocycles. The van der Waals surface area contributed by atoms with E-state index in [4.69, 9.17) is 20.9 Å². The van der Waals surface area contributed by atoms with Gasteiger partial charge in [0.2, 0.25) is 0 Å². The minimum absolute atomic E-state index is 0.0355. The Bertz CT molecular complexity index is 1330. The van der Waals surface area contributed by atoms with Gasteiger partial charge in [-0.15, -0.1) is 0 Å². The van der Waals surface area contributed by atoms with E-state index >= 15 is 0 Å². The van der Waals surface area contributed by atoms with Gasteiger partial charge in [-0.3, -0.25) is 4.79 Å². The van der Waals surface area contributed by atoms with Crippen LogP contribution in [0, 0.1) is 20.8 Å². The third-order valence-electron chi connectivity index (χ3n) is 6.99. The van der Waals surface area contributed by atoms with Gasteiger partial charge in [-0.05, 0) is 106 Å². The quantitative estimate of drug-likeness (QED) is 0.265. The van der Waals surface area contributed by atoms with Gasteiger partial charge in [-0.2, -0.15) is 0 Å². The lowest BCUT2D eigenvalue weighted by Gasteiger charge is -2.38. The maximum atomic E-state index is 12.5. The van der Waals surface area contributed by atoms with Gasteiger partial charge in [0.05, 0.1) is 12.3 Å². The fourth-order valence-electron chi connectivity index (χ4n) is 4.53. The number of aliphatic imine (C=N–C) groups is 1. The van der Waals surface area contributed by atoms with Gasteiger partial charge in [0.1, 0.15) is 22.8 Å². The number of aromatic hydroxyl groups is 1. The second-order valence-corrected chi connectivity index (χ2v) is 9.74. The minimum Gasteiger partial charge on any atom is -0.507 e. The average molecular weight is 503 g/mol. The lowest BCUT2D eigenvalue weighted by molar-refractivity contribution is 0.0411. The van der Waals surface area contributed by atoms with E-state index in [9.17, 15) is 9.90 Å². The Morgan fingerprint density at radius 3 is 2.38 bits per heavy atom. The molecule has 0 saturated carbocycles. The molecule has 1 unspecified atom stereocenters. The number of fused-ring (bicyclic) bond motifs is 1. The lowest BCUT2D eigenvalue weighted by atomic mass is 9.86. The highest BCUT2D eigenvalue weighted by atomic mass is 16.5. The Labute approximate surface area is 217 Å². The number of phenolic OH excluding ortho intramolecular Hbond substituents is 1. The van der Waals surface area contributed by atoms with E-state index in [1.807, 2.05) is 32.9 Å². The number of phenols is 1. The van der Waals surface area contributed by atoms with Crippen LogP contribution in [0.2, 0.25) is 0 Å². The van der Waals surface area contributed by atoms with E-state index in [0.717, 1.165) is 47.3 Å². The van der Waals surface area contributed by atoms with Gasteiger partial charge < -0.3 is 31.4 Å². The topological polar surface area (TPSA) is 132 Å². The van der Waals surface area contributed by atoms with E-state index < -0.39 is 0 Å². The van der Waals surface area contributed by atoms with Crippen molar-refractivity contribution in [1.82, 2.24) is 0 Å². The molecule has 4 rings (SSSR count). The Morgan fingerprint density at radius 1 is 1.05 bits per heavy atom. The largest absolute Gasteiger partial charge is 0.507 e. The molecule has 8 heteroatoms. The number of ether oxygens (including phenoxy) is 2. The highest BCUT2D eigenvalue weighted by Crippen LogP contribution is 2.44. The zero-order valence-corrected chi connectivity index (χ0v) is 21.7. The van der Waals surface area contributed by atoms with Gasteiger partial charge >= 0.3 is 0 Å². The summed E-state index contributed by atoms with van der Waals surface area (Å²) in [5.74, 6) is 1.71. The maximum Gasteiger partial charge on any atom is 0.255 e. The van der Waals surface area contributed by atoms with Crippen LogP contribution in [0.4, 0.5) is 11.4 Å². The Hall–Kier alpha value is -4.20. The second kappa shape index (κ2) is 10.4. The number of nitrogens with two attached hydrogens (primary N) is 2. The van der Waals surface area contributed by atoms with Gasteiger partial charge in [0, 0.05) is 23.2 Å². The first-order valence-electron chi connectivity index (χ1n) is 12.3. The van der Waals surface area contributed by atoms with Gasteiger partial charge in [-0.25, -0.2) is 4.99 Å². The molecule has 194 valence electrons. The molecule has 6 N–H and O–H groups in total. The number of carbonyl (C=O) groups excluding carboxylic acids is 1. The zero-order valence-electron chi connectivity index (χ0n) is 21.7. The number of benzene rings is 3.